The second-order valence-electron chi connectivity index (χ2n) is 6.27. The summed E-state index contributed by atoms with van der Waals surface area (Å²) in [6, 6.07) is 0. The van der Waals surface area contributed by atoms with Gasteiger partial charge in [-0.2, -0.15) is 0 Å². The fraction of sp³-hybridized carbons (Fsp3) is 1.00. The van der Waals surface area contributed by atoms with Crippen molar-refractivity contribution in [3.63, 3.8) is 0 Å². The van der Waals surface area contributed by atoms with E-state index in [1.54, 1.807) is 0 Å². The molecule has 0 aromatic rings. The molecule has 4 fully saturated rings. The molecule has 2 unspecified atom stereocenters. The third-order valence-electron chi connectivity index (χ3n) is 5.30. The molecule has 0 amide bonds. The number of hydrogen-bond acceptors (Lipinski definition) is 0. The van der Waals surface area contributed by atoms with Crippen LogP contribution in [-0.4, -0.2) is 9.12 Å². The maximum atomic E-state index is 6.07. The van der Waals surface area contributed by atoms with Crippen molar-refractivity contribution in [2.24, 2.45) is 22.7 Å². The van der Waals surface area contributed by atoms with Gasteiger partial charge in [0.15, 0.2) is 3.79 Å². The van der Waals surface area contributed by atoms with Crippen molar-refractivity contribution in [1.82, 2.24) is 0 Å². The molecule has 4 saturated carbocycles. The van der Waals surface area contributed by atoms with Crippen LogP contribution in [0.25, 0.3) is 0 Å². The molecule has 0 saturated heterocycles. The van der Waals surface area contributed by atoms with Crippen molar-refractivity contribution in [2.75, 3.05) is 5.33 Å². The Bertz CT molecular complexity index is 296. The minimum Gasteiger partial charge on any atom is -0.0922 e. The van der Waals surface area contributed by atoms with Gasteiger partial charge in [-0.3, -0.25) is 0 Å². The van der Waals surface area contributed by atoms with Crippen LogP contribution in [0, 0.1) is 22.7 Å². The third-order valence-corrected chi connectivity index (χ3v) is 6.78. The van der Waals surface area contributed by atoms with Crippen molar-refractivity contribution < 1.29 is 0 Å². The Hall–Kier alpha value is 1.35. The first-order valence-electron chi connectivity index (χ1n) is 6.01. The lowest BCUT2D eigenvalue weighted by Crippen LogP contribution is -2.37. The van der Waals surface area contributed by atoms with Crippen LogP contribution in [0.3, 0.4) is 0 Å². The summed E-state index contributed by atoms with van der Waals surface area (Å²) in [5.41, 5.74) is 0.750. The minimum absolute atomic E-state index is 0.315. The zero-order valence-corrected chi connectivity index (χ0v) is 13.0. The zero-order valence-electron chi connectivity index (χ0n) is 9.12. The monoisotopic (exact) mass is 344 g/mol. The van der Waals surface area contributed by atoms with Gasteiger partial charge in [-0.25, -0.2) is 0 Å². The van der Waals surface area contributed by atoms with Crippen molar-refractivity contribution in [1.29, 1.82) is 0 Å². The number of hydrogen-bond donors (Lipinski definition) is 0. The molecule has 4 atom stereocenters. The molecular formula is C12H16BrCl3. The minimum atomic E-state index is -1.07. The van der Waals surface area contributed by atoms with E-state index < -0.39 is 3.79 Å². The number of rotatable bonds is 2. The van der Waals surface area contributed by atoms with Gasteiger partial charge >= 0.3 is 0 Å². The summed E-state index contributed by atoms with van der Waals surface area (Å²) < 4.78 is -1.07. The van der Waals surface area contributed by atoms with Crippen LogP contribution in [-0.2, 0) is 0 Å². The third kappa shape index (κ3) is 1.68. The van der Waals surface area contributed by atoms with E-state index in [9.17, 15) is 0 Å². The first-order chi connectivity index (χ1) is 7.38. The number of halogens is 4. The van der Waals surface area contributed by atoms with Gasteiger partial charge in [0.1, 0.15) is 0 Å². The Morgan fingerprint density at radius 1 is 1.00 bits per heavy atom. The fourth-order valence-electron chi connectivity index (χ4n) is 5.16. The average Bonchev–Trinajstić information content (AvgIpc) is 2.43. The van der Waals surface area contributed by atoms with E-state index in [1.807, 2.05) is 0 Å². The van der Waals surface area contributed by atoms with E-state index in [-0.39, 0.29) is 0 Å². The summed E-state index contributed by atoms with van der Waals surface area (Å²) in [4.78, 5) is 0. The van der Waals surface area contributed by atoms with Gasteiger partial charge in [0, 0.05) is 11.8 Å². The molecule has 0 N–H and O–H groups in total. The quantitative estimate of drug-likeness (QED) is 0.592. The second-order valence-corrected chi connectivity index (χ2v) is 9.35. The molecule has 0 heterocycles. The molecule has 0 aliphatic heterocycles. The molecule has 0 spiro atoms. The molecule has 4 heteroatoms. The van der Waals surface area contributed by atoms with E-state index >= 15 is 0 Å². The maximum absolute atomic E-state index is 6.07. The van der Waals surface area contributed by atoms with Crippen molar-refractivity contribution in [3.05, 3.63) is 0 Å². The van der Waals surface area contributed by atoms with Crippen LogP contribution in [0.1, 0.15) is 38.5 Å². The molecule has 16 heavy (non-hydrogen) atoms. The number of alkyl halides is 4. The molecule has 0 nitrogen and oxygen atoms in total. The van der Waals surface area contributed by atoms with Gasteiger partial charge in [-0.1, -0.05) is 50.7 Å². The molecule has 0 radical (unpaired) electrons. The highest BCUT2D eigenvalue weighted by atomic mass is 79.9. The van der Waals surface area contributed by atoms with Gasteiger partial charge < -0.3 is 0 Å². The Balaban J connectivity index is 1.94. The van der Waals surface area contributed by atoms with Gasteiger partial charge in [-0.15, -0.1) is 0 Å². The Morgan fingerprint density at radius 3 is 1.94 bits per heavy atom. The molecule has 4 rings (SSSR count). The summed E-state index contributed by atoms with van der Waals surface area (Å²) in [6.45, 7) is 0. The Morgan fingerprint density at radius 2 is 1.50 bits per heavy atom. The molecule has 92 valence electrons. The highest BCUT2D eigenvalue weighted by molar-refractivity contribution is 9.09. The lowest BCUT2D eigenvalue weighted by Gasteiger charge is -2.41. The largest absolute Gasteiger partial charge is 0.191 e. The fourth-order valence-corrected chi connectivity index (χ4v) is 6.98. The SMILES string of the molecule is ClC(Cl)(Cl)CC12C[C@@H]3C[C@@H](CC1(CBr)C3)C2. The molecule has 4 aliphatic carbocycles. The highest BCUT2D eigenvalue weighted by Crippen LogP contribution is 2.75. The van der Waals surface area contributed by atoms with E-state index in [4.69, 9.17) is 34.8 Å². The van der Waals surface area contributed by atoms with E-state index in [0.29, 0.717) is 10.8 Å². The molecule has 4 aliphatic rings. The first-order valence-corrected chi connectivity index (χ1v) is 8.26. The molecule has 4 bridgehead atoms. The van der Waals surface area contributed by atoms with Gasteiger partial charge in [0.2, 0.25) is 0 Å². The highest BCUT2D eigenvalue weighted by Gasteiger charge is 2.66. The summed E-state index contributed by atoms with van der Waals surface area (Å²) in [6.07, 6.45) is 7.48. The Labute approximate surface area is 121 Å². The lowest BCUT2D eigenvalue weighted by atomic mass is 9.67. The maximum Gasteiger partial charge on any atom is 0.191 e. The topological polar surface area (TPSA) is 0 Å². The van der Waals surface area contributed by atoms with Gasteiger partial charge in [0.25, 0.3) is 0 Å². The van der Waals surface area contributed by atoms with Crippen molar-refractivity contribution in [2.45, 2.75) is 42.3 Å². The normalized spacial score (nSPS) is 50.2. The van der Waals surface area contributed by atoms with Crippen LogP contribution in [0.5, 0.6) is 0 Å². The molecule has 0 aromatic carbocycles. The zero-order chi connectivity index (χ0) is 11.6. The lowest BCUT2D eigenvalue weighted by molar-refractivity contribution is 0.126. The second kappa shape index (κ2) is 3.68. The summed E-state index contributed by atoms with van der Waals surface area (Å²) in [7, 11) is 0. The van der Waals surface area contributed by atoms with Crippen LogP contribution < -0.4 is 0 Å². The summed E-state index contributed by atoms with van der Waals surface area (Å²) in [5.74, 6) is 1.80. The van der Waals surface area contributed by atoms with E-state index in [1.165, 1.54) is 32.1 Å². The van der Waals surface area contributed by atoms with Crippen LogP contribution >= 0.6 is 50.7 Å². The smallest absolute Gasteiger partial charge is 0.0922 e. The van der Waals surface area contributed by atoms with Gasteiger partial charge in [-0.05, 0) is 54.8 Å². The predicted octanol–water partition coefficient (Wildman–Crippen LogP) is 5.34. The average molecular weight is 347 g/mol. The van der Waals surface area contributed by atoms with Crippen molar-refractivity contribution >= 4 is 50.7 Å². The van der Waals surface area contributed by atoms with Gasteiger partial charge in [0.05, 0.1) is 0 Å². The Kier molecular flexibility index (Phi) is 2.85. The first kappa shape index (κ1) is 12.4. The molecule has 0 aromatic heterocycles. The van der Waals surface area contributed by atoms with Crippen LogP contribution in [0.2, 0.25) is 0 Å². The summed E-state index contributed by atoms with van der Waals surface area (Å²) in [5, 5.41) is 1.09. The van der Waals surface area contributed by atoms with E-state index in [0.717, 1.165) is 23.6 Å². The van der Waals surface area contributed by atoms with Crippen LogP contribution in [0.4, 0.5) is 0 Å². The standard InChI is InChI=1S/C12H16BrCl3/c13-7-11-4-8-1-9(5-11)3-10(11,2-8)6-12(14,15)16/h8-9H,1-7H2/t8-,9+,10?,11?. The summed E-state index contributed by atoms with van der Waals surface area (Å²) >= 11 is 22.0. The molecular weight excluding hydrogens is 330 g/mol. The van der Waals surface area contributed by atoms with Crippen molar-refractivity contribution in [3.8, 4) is 0 Å². The predicted molar refractivity (Wildman–Crippen MR) is 73.6 cm³/mol. The van der Waals surface area contributed by atoms with E-state index in [2.05, 4.69) is 15.9 Å². The van der Waals surface area contributed by atoms with Crippen LogP contribution in [0.15, 0.2) is 0 Å².